The molecule has 0 radical (unpaired) electrons. The lowest BCUT2D eigenvalue weighted by molar-refractivity contribution is -0.132. The Balaban J connectivity index is 1.86. The van der Waals surface area contributed by atoms with Crippen molar-refractivity contribution >= 4 is 11.6 Å². The van der Waals surface area contributed by atoms with Crippen LogP contribution < -0.4 is 0 Å². The number of carbonyl (C=O) groups excluding carboxylic acids is 2. The molecule has 0 fully saturated rings. The fourth-order valence-electron chi connectivity index (χ4n) is 5.03. The Kier molecular flexibility index (Phi) is 2.13. The Hall–Kier alpha value is -1.44. The highest BCUT2D eigenvalue weighted by Gasteiger charge is 2.52. The van der Waals surface area contributed by atoms with Gasteiger partial charge in [0.05, 0.1) is 0 Å². The van der Waals surface area contributed by atoms with Gasteiger partial charge < -0.3 is 0 Å². The van der Waals surface area contributed by atoms with E-state index in [9.17, 15) is 9.59 Å². The van der Waals surface area contributed by atoms with Crippen LogP contribution in [0.25, 0.3) is 0 Å². The second-order valence-corrected chi connectivity index (χ2v) is 6.51. The Bertz CT molecular complexity index is 530. The summed E-state index contributed by atoms with van der Waals surface area (Å²) in [6.45, 7) is 4.30. The van der Waals surface area contributed by atoms with Crippen LogP contribution in [0.2, 0.25) is 0 Å². The van der Waals surface area contributed by atoms with Crippen molar-refractivity contribution in [2.45, 2.75) is 20.3 Å². The van der Waals surface area contributed by atoms with E-state index in [0.29, 0.717) is 11.8 Å². The number of ketones is 2. The summed E-state index contributed by atoms with van der Waals surface area (Å²) in [7, 11) is 0. The SMILES string of the molecule is C[C@@H]1C2=C([C@@H](C)[C@H]3C(=O)C=CC(=O)[C@H]31)[C@H]1C=C[C@H]2C1. The Morgan fingerprint density at radius 2 is 1.26 bits per heavy atom. The molecule has 2 nitrogen and oxygen atoms in total. The van der Waals surface area contributed by atoms with Crippen molar-refractivity contribution in [3.8, 4) is 0 Å². The zero-order chi connectivity index (χ0) is 13.3. The lowest BCUT2D eigenvalue weighted by Crippen LogP contribution is -2.45. The van der Waals surface area contributed by atoms with Crippen molar-refractivity contribution in [3.05, 3.63) is 35.5 Å². The average molecular weight is 254 g/mol. The molecule has 4 aliphatic rings. The minimum Gasteiger partial charge on any atom is -0.294 e. The summed E-state index contributed by atoms with van der Waals surface area (Å²) in [5.74, 6) is 1.62. The molecule has 0 saturated heterocycles. The van der Waals surface area contributed by atoms with Crippen LogP contribution in [0.5, 0.6) is 0 Å². The van der Waals surface area contributed by atoms with E-state index in [4.69, 9.17) is 0 Å². The molecule has 0 aromatic heterocycles. The molecule has 19 heavy (non-hydrogen) atoms. The number of carbonyl (C=O) groups is 2. The molecule has 0 unspecified atom stereocenters. The van der Waals surface area contributed by atoms with Crippen LogP contribution in [0, 0.1) is 35.5 Å². The van der Waals surface area contributed by atoms with E-state index in [-0.39, 0.29) is 35.2 Å². The van der Waals surface area contributed by atoms with Gasteiger partial charge in [-0.05, 0) is 42.2 Å². The van der Waals surface area contributed by atoms with E-state index >= 15 is 0 Å². The van der Waals surface area contributed by atoms with Gasteiger partial charge in [-0.1, -0.05) is 37.1 Å². The molecule has 0 N–H and O–H groups in total. The van der Waals surface area contributed by atoms with Crippen molar-refractivity contribution in [2.75, 3.05) is 0 Å². The topological polar surface area (TPSA) is 34.1 Å². The van der Waals surface area contributed by atoms with Gasteiger partial charge in [0.25, 0.3) is 0 Å². The van der Waals surface area contributed by atoms with Crippen molar-refractivity contribution in [3.63, 3.8) is 0 Å². The molecule has 2 heteroatoms. The summed E-state index contributed by atoms with van der Waals surface area (Å²) in [4.78, 5) is 24.5. The largest absolute Gasteiger partial charge is 0.294 e. The van der Waals surface area contributed by atoms with Gasteiger partial charge in [-0.25, -0.2) is 0 Å². The summed E-state index contributed by atoms with van der Waals surface area (Å²) >= 11 is 0. The van der Waals surface area contributed by atoms with Crippen molar-refractivity contribution in [2.24, 2.45) is 35.5 Å². The van der Waals surface area contributed by atoms with Gasteiger partial charge in [-0.3, -0.25) is 9.59 Å². The molecular weight excluding hydrogens is 236 g/mol. The second kappa shape index (κ2) is 3.56. The summed E-state index contributed by atoms with van der Waals surface area (Å²) < 4.78 is 0. The van der Waals surface area contributed by atoms with Crippen molar-refractivity contribution < 1.29 is 9.59 Å². The van der Waals surface area contributed by atoms with Crippen molar-refractivity contribution in [1.29, 1.82) is 0 Å². The normalized spacial score (nSPS) is 46.8. The first kappa shape index (κ1) is 11.4. The second-order valence-electron chi connectivity index (χ2n) is 6.51. The fourth-order valence-corrected chi connectivity index (χ4v) is 5.03. The van der Waals surface area contributed by atoms with E-state index in [1.807, 2.05) is 0 Å². The first-order chi connectivity index (χ1) is 9.09. The van der Waals surface area contributed by atoms with Gasteiger partial charge in [0.2, 0.25) is 0 Å². The molecule has 98 valence electrons. The van der Waals surface area contributed by atoms with Gasteiger partial charge in [0.15, 0.2) is 11.6 Å². The van der Waals surface area contributed by atoms with Crippen LogP contribution >= 0.6 is 0 Å². The first-order valence-corrected chi connectivity index (χ1v) is 7.27. The Morgan fingerprint density at radius 3 is 1.68 bits per heavy atom. The molecule has 0 saturated carbocycles. The van der Waals surface area contributed by atoms with E-state index in [1.54, 1.807) is 0 Å². The standard InChI is InChI=1S/C17H18O2/c1-8-14-10-3-4-11(7-10)15(14)9(2)17-13(19)6-5-12(18)16(8)17/h3-6,8-11,16-17H,7H2,1-2H3/t8-,9-,10+,11+,16-,17+/m1/s1. The van der Waals surface area contributed by atoms with Crippen LogP contribution in [0.15, 0.2) is 35.5 Å². The zero-order valence-electron chi connectivity index (χ0n) is 11.3. The minimum absolute atomic E-state index is 0.112. The van der Waals surface area contributed by atoms with Crippen molar-refractivity contribution in [1.82, 2.24) is 0 Å². The Morgan fingerprint density at radius 1 is 0.842 bits per heavy atom. The number of hydrogen-bond donors (Lipinski definition) is 0. The summed E-state index contributed by atoms with van der Waals surface area (Å²) in [5.41, 5.74) is 2.97. The average Bonchev–Trinajstić information content (AvgIpc) is 2.99. The van der Waals surface area contributed by atoms with Crippen LogP contribution in [-0.4, -0.2) is 11.6 Å². The lowest BCUT2D eigenvalue weighted by atomic mass is 9.59. The maximum Gasteiger partial charge on any atom is 0.160 e. The quantitative estimate of drug-likeness (QED) is 0.623. The molecule has 0 aliphatic heterocycles. The highest BCUT2D eigenvalue weighted by Crippen LogP contribution is 2.57. The molecule has 4 rings (SSSR count). The third kappa shape index (κ3) is 1.27. The monoisotopic (exact) mass is 254 g/mol. The minimum atomic E-state index is -0.112. The molecule has 4 aliphatic carbocycles. The number of allylic oxidation sites excluding steroid dienone is 6. The zero-order valence-corrected chi connectivity index (χ0v) is 11.3. The predicted molar refractivity (Wildman–Crippen MR) is 72.2 cm³/mol. The van der Waals surface area contributed by atoms with Crippen LogP contribution in [0.1, 0.15) is 20.3 Å². The summed E-state index contributed by atoms with van der Waals surface area (Å²) in [6.07, 6.45) is 8.78. The van der Waals surface area contributed by atoms with Crippen LogP contribution in [-0.2, 0) is 9.59 Å². The third-order valence-corrected chi connectivity index (χ3v) is 5.73. The first-order valence-electron chi connectivity index (χ1n) is 7.27. The number of fused-ring (bicyclic) bond motifs is 5. The van der Waals surface area contributed by atoms with Gasteiger partial charge >= 0.3 is 0 Å². The van der Waals surface area contributed by atoms with Crippen LogP contribution in [0.3, 0.4) is 0 Å². The molecule has 0 heterocycles. The molecular formula is C17H18O2. The van der Waals surface area contributed by atoms with Crippen LogP contribution in [0.4, 0.5) is 0 Å². The summed E-state index contributed by atoms with van der Waals surface area (Å²) in [6, 6.07) is 0. The molecule has 0 aromatic carbocycles. The molecule has 0 aromatic rings. The summed E-state index contributed by atoms with van der Waals surface area (Å²) in [5, 5.41) is 0. The van der Waals surface area contributed by atoms with Gasteiger partial charge in [-0.15, -0.1) is 0 Å². The highest BCUT2D eigenvalue weighted by atomic mass is 16.1. The fraction of sp³-hybridized carbons (Fsp3) is 0.529. The maximum absolute atomic E-state index is 12.2. The smallest absolute Gasteiger partial charge is 0.160 e. The van der Waals surface area contributed by atoms with E-state index in [0.717, 1.165) is 0 Å². The van der Waals surface area contributed by atoms with Gasteiger partial charge in [0, 0.05) is 11.8 Å². The van der Waals surface area contributed by atoms with E-state index in [2.05, 4.69) is 26.0 Å². The Labute approximate surface area is 113 Å². The van der Waals surface area contributed by atoms with E-state index < -0.39 is 0 Å². The molecule has 6 atom stereocenters. The molecule has 0 spiro atoms. The lowest BCUT2D eigenvalue weighted by Gasteiger charge is -2.43. The highest BCUT2D eigenvalue weighted by molar-refractivity contribution is 6.08. The van der Waals surface area contributed by atoms with Gasteiger partial charge in [0.1, 0.15) is 0 Å². The third-order valence-electron chi connectivity index (χ3n) is 5.73. The molecule has 0 amide bonds. The van der Waals surface area contributed by atoms with Gasteiger partial charge in [-0.2, -0.15) is 0 Å². The molecule has 2 bridgehead atoms. The predicted octanol–water partition coefficient (Wildman–Crippen LogP) is 2.72. The van der Waals surface area contributed by atoms with E-state index in [1.165, 1.54) is 29.7 Å². The number of hydrogen-bond acceptors (Lipinski definition) is 2. The number of rotatable bonds is 0. The maximum atomic E-state index is 12.2.